The van der Waals surface area contributed by atoms with Gasteiger partial charge in [-0.1, -0.05) is 37.7 Å². The highest BCUT2D eigenvalue weighted by Gasteiger charge is 2.15. The molecule has 0 aliphatic rings. The number of rotatable bonds is 8. The summed E-state index contributed by atoms with van der Waals surface area (Å²) in [5.74, 6) is -0.246. The summed E-state index contributed by atoms with van der Waals surface area (Å²) < 4.78 is 15.5. The first-order chi connectivity index (χ1) is 13.8. The van der Waals surface area contributed by atoms with E-state index >= 15 is 0 Å². The number of anilines is 1. The van der Waals surface area contributed by atoms with Gasteiger partial charge in [-0.15, -0.1) is 0 Å². The van der Waals surface area contributed by atoms with Gasteiger partial charge in [0.25, 0.3) is 5.91 Å². The molecule has 0 unspecified atom stereocenters. The monoisotopic (exact) mass is 416 g/mol. The Bertz CT molecular complexity index is 1000. The van der Waals surface area contributed by atoms with Gasteiger partial charge in [-0.25, -0.2) is 19.0 Å². The van der Waals surface area contributed by atoms with Crippen molar-refractivity contribution in [3.63, 3.8) is 0 Å². The van der Waals surface area contributed by atoms with Crippen LogP contribution in [0.4, 0.5) is 10.2 Å². The maximum Gasteiger partial charge on any atom is 0.254 e. The Morgan fingerprint density at radius 2 is 1.97 bits per heavy atom. The first-order valence-corrected chi connectivity index (χ1v) is 10.4. The van der Waals surface area contributed by atoms with E-state index in [9.17, 15) is 9.18 Å². The van der Waals surface area contributed by atoms with Crippen molar-refractivity contribution in [2.75, 3.05) is 11.9 Å². The van der Waals surface area contributed by atoms with E-state index in [0.717, 1.165) is 11.2 Å². The topological polar surface area (TPSA) is 84.7 Å². The van der Waals surface area contributed by atoms with Gasteiger partial charge in [-0.3, -0.25) is 4.79 Å². The highest BCUT2D eigenvalue weighted by molar-refractivity contribution is 7.99. The summed E-state index contributed by atoms with van der Waals surface area (Å²) in [6.07, 6.45) is 1.72. The predicted octanol–water partition coefficient (Wildman–Crippen LogP) is 3.72. The van der Waals surface area contributed by atoms with Gasteiger partial charge in [0.2, 0.25) is 0 Å². The van der Waals surface area contributed by atoms with Crippen molar-refractivity contribution in [1.82, 2.24) is 25.1 Å². The van der Waals surface area contributed by atoms with E-state index in [1.807, 2.05) is 13.8 Å². The lowest BCUT2D eigenvalue weighted by atomic mass is 10.2. The largest absolute Gasteiger partial charge is 0.367 e. The zero-order valence-electron chi connectivity index (χ0n) is 16.9. The number of halogens is 1. The maximum atomic E-state index is 13.7. The molecule has 0 aliphatic heterocycles. The number of amides is 1. The number of nitrogens with one attached hydrogen (secondary N) is 2. The molecule has 29 heavy (non-hydrogen) atoms. The van der Waals surface area contributed by atoms with Crippen molar-refractivity contribution in [2.24, 2.45) is 0 Å². The number of hydrogen-bond donors (Lipinski definition) is 2. The quantitative estimate of drug-likeness (QED) is 0.430. The van der Waals surface area contributed by atoms with Gasteiger partial charge in [0.1, 0.15) is 11.6 Å². The molecule has 7 nitrogen and oxygen atoms in total. The third-order valence-electron chi connectivity index (χ3n) is 3.97. The number of carbonyl (C=O) groups is 1. The number of thioether (sulfide) groups is 1. The summed E-state index contributed by atoms with van der Waals surface area (Å²) in [6, 6.07) is 6.13. The molecular weight excluding hydrogens is 391 g/mol. The molecule has 0 radical (unpaired) electrons. The van der Waals surface area contributed by atoms with Crippen molar-refractivity contribution < 1.29 is 9.18 Å². The van der Waals surface area contributed by atoms with Gasteiger partial charge in [0.05, 0.1) is 23.7 Å². The van der Waals surface area contributed by atoms with Crippen LogP contribution < -0.4 is 10.6 Å². The van der Waals surface area contributed by atoms with Crippen molar-refractivity contribution in [3.8, 4) is 0 Å². The summed E-state index contributed by atoms with van der Waals surface area (Å²) in [5.41, 5.74) is 0.727. The standard InChI is InChI=1S/C20H25FN6OS/c1-12(2)24-17-15-11-23-27(18(15)26-20(25-17)29-13(3)4)10-9-22-19(28)14-7-5-6-8-16(14)21/h5-8,11-13H,9-10H2,1-4H3,(H,22,28)(H,24,25,26). The van der Waals surface area contributed by atoms with Gasteiger partial charge in [0, 0.05) is 17.8 Å². The van der Waals surface area contributed by atoms with Crippen LogP contribution in [0, 0.1) is 5.82 Å². The molecule has 3 rings (SSSR count). The summed E-state index contributed by atoms with van der Waals surface area (Å²) >= 11 is 1.58. The number of carbonyl (C=O) groups excluding carboxylic acids is 1. The SMILES string of the molecule is CC(C)Nc1nc(SC(C)C)nc2c1cnn2CCNC(=O)c1ccccc1F. The van der Waals surface area contributed by atoms with E-state index in [1.165, 1.54) is 12.1 Å². The second kappa shape index (κ2) is 9.21. The average molecular weight is 417 g/mol. The molecule has 0 fully saturated rings. The van der Waals surface area contributed by atoms with Crippen LogP contribution in [0.3, 0.4) is 0 Å². The first-order valence-electron chi connectivity index (χ1n) is 9.54. The summed E-state index contributed by atoms with van der Waals surface area (Å²) in [4.78, 5) is 21.5. The molecule has 2 heterocycles. The summed E-state index contributed by atoms with van der Waals surface area (Å²) in [5, 5.41) is 12.3. The van der Waals surface area contributed by atoms with Crippen molar-refractivity contribution in [2.45, 2.75) is 50.7 Å². The molecule has 3 aromatic rings. The molecule has 2 aromatic heterocycles. The van der Waals surface area contributed by atoms with Crippen molar-refractivity contribution in [3.05, 3.63) is 41.8 Å². The second-order valence-corrected chi connectivity index (χ2v) is 8.70. The Kier molecular flexibility index (Phi) is 6.68. The number of nitrogens with zero attached hydrogens (tertiary/aromatic N) is 4. The lowest BCUT2D eigenvalue weighted by molar-refractivity contribution is 0.0948. The molecule has 154 valence electrons. The molecule has 2 N–H and O–H groups in total. The molecule has 0 bridgehead atoms. The maximum absolute atomic E-state index is 13.7. The van der Waals surface area contributed by atoms with Gasteiger partial charge in [-0.05, 0) is 26.0 Å². The predicted molar refractivity (Wildman–Crippen MR) is 114 cm³/mol. The van der Waals surface area contributed by atoms with Crippen LogP contribution in [0.5, 0.6) is 0 Å². The molecule has 0 spiro atoms. The van der Waals surface area contributed by atoms with E-state index in [1.54, 1.807) is 34.8 Å². The van der Waals surface area contributed by atoms with Gasteiger partial charge < -0.3 is 10.6 Å². The van der Waals surface area contributed by atoms with E-state index in [4.69, 9.17) is 0 Å². The van der Waals surface area contributed by atoms with Crippen LogP contribution >= 0.6 is 11.8 Å². The Balaban J connectivity index is 1.78. The molecule has 9 heteroatoms. The van der Waals surface area contributed by atoms with Gasteiger partial charge in [-0.2, -0.15) is 5.10 Å². The van der Waals surface area contributed by atoms with Crippen LogP contribution in [0.25, 0.3) is 11.0 Å². The van der Waals surface area contributed by atoms with Crippen LogP contribution in [-0.4, -0.2) is 43.5 Å². The van der Waals surface area contributed by atoms with Crippen molar-refractivity contribution >= 4 is 34.5 Å². The summed E-state index contributed by atoms with van der Waals surface area (Å²) in [7, 11) is 0. The first kappa shape index (κ1) is 21.0. The highest BCUT2D eigenvalue weighted by atomic mass is 32.2. The molecule has 1 aromatic carbocycles. The normalized spacial score (nSPS) is 11.4. The fraction of sp³-hybridized carbons (Fsp3) is 0.400. The average Bonchev–Trinajstić information content (AvgIpc) is 3.04. The Morgan fingerprint density at radius 1 is 1.21 bits per heavy atom. The minimum Gasteiger partial charge on any atom is -0.367 e. The number of fused-ring (bicyclic) bond motifs is 1. The molecule has 0 saturated carbocycles. The minimum atomic E-state index is -0.540. The smallest absolute Gasteiger partial charge is 0.254 e. The Morgan fingerprint density at radius 3 is 2.66 bits per heavy atom. The van der Waals surface area contributed by atoms with E-state index in [0.29, 0.717) is 29.1 Å². The molecular formula is C20H25FN6OS. The third kappa shape index (κ3) is 5.23. The summed E-state index contributed by atoms with van der Waals surface area (Å²) in [6.45, 7) is 8.98. The third-order valence-corrected chi connectivity index (χ3v) is 4.83. The Hall–Kier alpha value is -2.68. The van der Waals surface area contributed by atoms with Crippen LogP contribution in [0.1, 0.15) is 38.1 Å². The zero-order valence-corrected chi connectivity index (χ0v) is 17.8. The van der Waals surface area contributed by atoms with E-state index < -0.39 is 11.7 Å². The molecule has 1 amide bonds. The molecule has 0 saturated heterocycles. The number of hydrogen-bond acceptors (Lipinski definition) is 6. The highest BCUT2D eigenvalue weighted by Crippen LogP contribution is 2.26. The van der Waals surface area contributed by atoms with E-state index in [2.05, 4.69) is 39.5 Å². The number of aromatic nitrogens is 4. The fourth-order valence-corrected chi connectivity index (χ4v) is 3.47. The van der Waals surface area contributed by atoms with Crippen LogP contribution in [0.15, 0.2) is 35.6 Å². The molecule has 0 aliphatic carbocycles. The van der Waals surface area contributed by atoms with Gasteiger partial charge >= 0.3 is 0 Å². The van der Waals surface area contributed by atoms with Crippen LogP contribution in [-0.2, 0) is 6.54 Å². The minimum absolute atomic E-state index is 0.0270. The van der Waals surface area contributed by atoms with Crippen LogP contribution in [0.2, 0.25) is 0 Å². The number of benzene rings is 1. The van der Waals surface area contributed by atoms with Crippen molar-refractivity contribution in [1.29, 1.82) is 0 Å². The zero-order chi connectivity index (χ0) is 21.0. The second-order valence-electron chi connectivity index (χ2n) is 7.16. The fourth-order valence-electron chi connectivity index (χ4n) is 2.76. The Labute approximate surface area is 173 Å². The lowest BCUT2D eigenvalue weighted by Gasteiger charge is -2.12. The molecule has 0 atom stereocenters. The van der Waals surface area contributed by atoms with E-state index in [-0.39, 0.29) is 11.6 Å². The van der Waals surface area contributed by atoms with Gasteiger partial charge in [0.15, 0.2) is 10.8 Å². The lowest BCUT2D eigenvalue weighted by Crippen LogP contribution is -2.28.